The molecule has 250 valence electrons. The van der Waals surface area contributed by atoms with Crippen LogP contribution < -0.4 is 30.5 Å². The highest BCUT2D eigenvalue weighted by Gasteiger charge is 2.55. The Bertz CT molecular complexity index is 1850. The number of esters is 1. The number of nitrogens with zero attached hydrogens (tertiary/aromatic N) is 6. The van der Waals surface area contributed by atoms with Gasteiger partial charge in [-0.3, -0.25) is 19.3 Å². The van der Waals surface area contributed by atoms with Crippen molar-refractivity contribution in [2.24, 2.45) is 5.16 Å². The number of amides is 3. The number of anilines is 1. The molecule has 1 aromatic carbocycles. The first-order chi connectivity index (χ1) is 23.3. The van der Waals surface area contributed by atoms with Crippen LogP contribution in [-0.4, -0.2) is 80.7 Å². The number of amidine groups is 1. The first-order valence-corrected chi connectivity index (χ1v) is 16.0. The normalized spacial score (nSPS) is 19.0. The Balaban J connectivity index is 1.25. The second-order valence-corrected chi connectivity index (χ2v) is 12.1. The number of fused-ring (bicyclic) bond motifs is 2. The highest BCUT2D eigenvalue weighted by atomic mass is 32.2. The zero-order valence-corrected chi connectivity index (χ0v) is 26.7. The summed E-state index contributed by atoms with van der Waals surface area (Å²) in [5.74, 6) is -1.23. The fourth-order valence-corrected chi connectivity index (χ4v) is 7.02. The van der Waals surface area contributed by atoms with Crippen LogP contribution in [0, 0.1) is 0 Å². The van der Waals surface area contributed by atoms with Gasteiger partial charge in [-0.25, -0.2) is 18.8 Å². The van der Waals surface area contributed by atoms with Crippen LogP contribution >= 0.6 is 23.7 Å². The minimum Gasteiger partial charge on any atom is -0.497 e. The molecule has 3 aromatic rings. The number of hydrazine groups is 1. The number of thioether (sulfide) groups is 1. The fourth-order valence-electron chi connectivity index (χ4n) is 5.08. The van der Waals surface area contributed by atoms with Crippen LogP contribution in [-0.2, 0) is 41.9 Å². The van der Waals surface area contributed by atoms with Crippen molar-refractivity contribution in [3.63, 3.8) is 0 Å². The van der Waals surface area contributed by atoms with Gasteiger partial charge in [-0.2, -0.15) is 4.83 Å². The number of hydrogen-bond donors (Lipinski definition) is 4. The van der Waals surface area contributed by atoms with Gasteiger partial charge in [-0.05, 0) is 29.6 Å². The molecule has 6 rings (SSSR count). The second-order valence-electron chi connectivity index (χ2n) is 10.2. The number of nitrogen functional groups attached to an aromatic ring is 1. The number of benzene rings is 1. The molecule has 0 saturated carbocycles. The summed E-state index contributed by atoms with van der Waals surface area (Å²) in [6.45, 7) is -1.17. The molecule has 48 heavy (non-hydrogen) atoms. The van der Waals surface area contributed by atoms with Crippen LogP contribution in [0.1, 0.15) is 5.56 Å². The molecular weight excluding hydrogens is 672 g/mol. The maximum absolute atomic E-state index is 13.7. The predicted octanol–water partition coefficient (Wildman–Crippen LogP) is -0.120. The van der Waals surface area contributed by atoms with Crippen LogP contribution in [0.5, 0.6) is 5.75 Å². The van der Waals surface area contributed by atoms with Crippen molar-refractivity contribution in [3.05, 3.63) is 76.9 Å². The monoisotopic (exact) mass is 699 g/mol. The van der Waals surface area contributed by atoms with Gasteiger partial charge < -0.3 is 30.7 Å². The summed E-state index contributed by atoms with van der Waals surface area (Å²) in [6.07, 6.45) is 5.11. The number of nitrogens with one attached hydrogen (secondary N) is 3. The third kappa shape index (κ3) is 6.44. The van der Waals surface area contributed by atoms with E-state index in [4.69, 9.17) is 15.2 Å². The molecule has 0 spiro atoms. The van der Waals surface area contributed by atoms with Gasteiger partial charge in [-0.15, -0.1) is 11.8 Å². The number of rotatable bonds is 11. The van der Waals surface area contributed by atoms with Gasteiger partial charge >= 0.3 is 11.6 Å². The molecule has 0 unspecified atom stereocenters. The Kier molecular flexibility index (Phi) is 9.64. The SMILES string of the molecule is COc1ccc(COC(=O)C2=C(C[n+]3ccc(N)n4nccc43)CS[C@H]3[C@H](NC(=O)C(=NOCF)N4C=C(NC=O)SN4)C(=O)N23)cc1. The number of hydrogen-bond acceptors (Lipinski definition) is 13. The van der Waals surface area contributed by atoms with Crippen molar-refractivity contribution < 1.29 is 42.4 Å². The average molecular weight is 700 g/mol. The van der Waals surface area contributed by atoms with Crippen molar-refractivity contribution in [1.82, 2.24) is 35.0 Å². The maximum Gasteiger partial charge on any atom is 0.355 e. The van der Waals surface area contributed by atoms with Crippen LogP contribution in [0.15, 0.2) is 76.4 Å². The number of β-lactam (4-membered cyclic amide) rings is 1. The van der Waals surface area contributed by atoms with E-state index >= 15 is 0 Å². The third-order valence-corrected chi connectivity index (χ3v) is 9.41. The lowest BCUT2D eigenvalue weighted by Crippen LogP contribution is -2.71. The van der Waals surface area contributed by atoms with Crippen molar-refractivity contribution in [2.75, 3.05) is 25.5 Å². The quantitative estimate of drug-likeness (QED) is 0.0302. The molecule has 20 heteroatoms. The maximum atomic E-state index is 13.7. The molecular formula is C28H28FN10O7S2+. The van der Waals surface area contributed by atoms with E-state index < -0.39 is 41.9 Å². The van der Waals surface area contributed by atoms with Crippen LogP contribution in [0.2, 0.25) is 0 Å². The van der Waals surface area contributed by atoms with Crippen molar-refractivity contribution in [1.29, 1.82) is 0 Å². The van der Waals surface area contributed by atoms with Crippen molar-refractivity contribution in [2.45, 2.75) is 24.6 Å². The first-order valence-electron chi connectivity index (χ1n) is 14.1. The Morgan fingerprint density at radius 2 is 2.08 bits per heavy atom. The summed E-state index contributed by atoms with van der Waals surface area (Å²) in [5, 5.41) is 13.5. The third-order valence-electron chi connectivity index (χ3n) is 7.34. The predicted molar refractivity (Wildman–Crippen MR) is 169 cm³/mol. The standard InChI is InChI=1S/C28H27FN10O7S2/c1-44-18-4-2-16(3-5-18)12-45-28(43)23-17(10-36-9-7-19(30)39-21(36)6-8-32-39)13-47-27-22(26(42)38(23)27)33-25(41)24(34-46-14-29)37-11-20(31-15-40)48-35-37/h2-9,11,15,22,27,30,35H,10,12-14H2,1H3,(H2,31,33,40,41)/p+1/t22-,27+/m1/s1. The Labute approximate surface area is 280 Å². The van der Waals surface area contributed by atoms with E-state index in [0.717, 1.165) is 17.0 Å². The lowest BCUT2D eigenvalue weighted by molar-refractivity contribution is -0.666. The van der Waals surface area contributed by atoms with E-state index in [9.17, 15) is 23.6 Å². The summed E-state index contributed by atoms with van der Waals surface area (Å²) in [4.78, 5) is 60.0. The fraction of sp³-hybridized carbons (Fsp3) is 0.250. The summed E-state index contributed by atoms with van der Waals surface area (Å²) in [7, 11) is 1.55. The van der Waals surface area contributed by atoms with Crippen LogP contribution in [0.25, 0.3) is 5.65 Å². The largest absolute Gasteiger partial charge is 0.497 e. The molecule has 0 aliphatic carbocycles. The number of aromatic nitrogens is 3. The Morgan fingerprint density at radius 1 is 1.27 bits per heavy atom. The molecule has 17 nitrogen and oxygen atoms in total. The zero-order chi connectivity index (χ0) is 33.8. The van der Waals surface area contributed by atoms with E-state index in [2.05, 4.69) is 30.6 Å². The molecule has 1 fully saturated rings. The second kappa shape index (κ2) is 14.2. The van der Waals surface area contributed by atoms with Gasteiger partial charge in [0.1, 0.15) is 41.0 Å². The van der Waals surface area contributed by atoms with Gasteiger partial charge in [0.15, 0.2) is 0 Å². The van der Waals surface area contributed by atoms with E-state index in [0.29, 0.717) is 45.5 Å². The van der Waals surface area contributed by atoms with Crippen LogP contribution in [0.3, 0.4) is 0 Å². The number of nitrogens with two attached hydrogens (primary N) is 1. The summed E-state index contributed by atoms with van der Waals surface area (Å²) >= 11 is 2.29. The molecule has 2 atom stereocenters. The Morgan fingerprint density at radius 3 is 2.83 bits per heavy atom. The van der Waals surface area contributed by atoms with Gasteiger partial charge in [0.2, 0.25) is 12.2 Å². The van der Waals surface area contributed by atoms with E-state index in [1.807, 2.05) is 4.57 Å². The highest BCUT2D eigenvalue weighted by molar-refractivity contribution is 8.01. The molecule has 5 heterocycles. The smallest absolute Gasteiger partial charge is 0.355 e. The van der Waals surface area contributed by atoms with E-state index in [1.54, 1.807) is 60.4 Å². The van der Waals surface area contributed by atoms with E-state index in [1.165, 1.54) is 22.9 Å². The molecule has 3 aliphatic rings. The molecule has 0 bridgehead atoms. The molecule has 3 aliphatic heterocycles. The topological polar surface area (TPSA) is 198 Å². The van der Waals surface area contributed by atoms with Gasteiger partial charge in [0, 0.05) is 17.4 Å². The highest BCUT2D eigenvalue weighted by Crippen LogP contribution is 2.41. The Hall–Kier alpha value is -5.34. The summed E-state index contributed by atoms with van der Waals surface area (Å²) in [5.41, 5.74) is 8.09. The number of oxime groups is 1. The number of alkyl halides is 1. The lowest BCUT2D eigenvalue weighted by Gasteiger charge is -2.49. The van der Waals surface area contributed by atoms with Gasteiger partial charge in [0.25, 0.3) is 24.5 Å². The molecule has 3 amide bonds. The average Bonchev–Trinajstić information content (AvgIpc) is 3.79. The molecule has 1 saturated heterocycles. The minimum atomic E-state index is -1.32. The van der Waals surface area contributed by atoms with Crippen molar-refractivity contribution in [3.8, 4) is 5.75 Å². The lowest BCUT2D eigenvalue weighted by atomic mass is 10.0. The minimum absolute atomic E-state index is 0.0597. The first kappa shape index (κ1) is 32.6. The van der Waals surface area contributed by atoms with E-state index in [-0.39, 0.29) is 18.8 Å². The van der Waals surface area contributed by atoms with Gasteiger partial charge in [-0.1, -0.05) is 26.9 Å². The zero-order valence-electron chi connectivity index (χ0n) is 25.1. The summed E-state index contributed by atoms with van der Waals surface area (Å²) < 4.78 is 27.1. The number of carbonyl (C=O) groups is 4. The molecule has 0 radical (unpaired) electrons. The number of ether oxygens (including phenoxy) is 2. The van der Waals surface area contributed by atoms with Crippen LogP contribution in [0.4, 0.5) is 10.2 Å². The molecule has 5 N–H and O–H groups in total. The summed E-state index contributed by atoms with van der Waals surface area (Å²) in [6, 6.07) is 9.37. The number of halogens is 1. The van der Waals surface area contributed by atoms with Crippen molar-refractivity contribution >= 4 is 65.2 Å². The van der Waals surface area contributed by atoms with Gasteiger partial charge in [0.05, 0.1) is 31.8 Å². The number of carbonyl (C=O) groups excluding carboxylic acids is 4. The molecule has 2 aromatic heterocycles. The number of methoxy groups -OCH3 is 1.